The summed E-state index contributed by atoms with van der Waals surface area (Å²) in [6.45, 7) is 6.83. The van der Waals surface area contributed by atoms with E-state index in [1.165, 1.54) is 6.07 Å². The van der Waals surface area contributed by atoms with Gasteiger partial charge in [-0.2, -0.15) is 0 Å². The highest BCUT2D eigenvalue weighted by molar-refractivity contribution is 5.67. The molecule has 0 fully saturated rings. The number of nitro benzene ring substituents is 1. The van der Waals surface area contributed by atoms with Crippen molar-refractivity contribution in [2.45, 2.75) is 26.7 Å². The molecule has 0 N–H and O–H groups in total. The lowest BCUT2D eigenvalue weighted by atomic mass is 10.0. The zero-order valence-electron chi connectivity index (χ0n) is 12.0. The number of nitro groups is 1. The van der Waals surface area contributed by atoms with Crippen molar-refractivity contribution in [2.24, 2.45) is 0 Å². The Morgan fingerprint density at radius 3 is 2.50 bits per heavy atom. The van der Waals surface area contributed by atoms with Gasteiger partial charge in [0, 0.05) is 30.6 Å². The number of ether oxygens (including phenoxy) is 1. The normalized spacial score (nSPS) is 11.8. The highest BCUT2D eigenvalue weighted by atomic mass is 16.6. The fraction of sp³-hybridized carbons (Fsp3) is 0.500. The van der Waals surface area contributed by atoms with Gasteiger partial charge in [-0.15, -0.1) is 0 Å². The van der Waals surface area contributed by atoms with Crippen molar-refractivity contribution in [3.8, 4) is 0 Å². The molecule has 0 aliphatic heterocycles. The van der Waals surface area contributed by atoms with Crippen molar-refractivity contribution >= 4 is 11.8 Å². The van der Waals surface area contributed by atoms with Gasteiger partial charge in [-0.3, -0.25) is 10.1 Å². The van der Waals surface area contributed by atoms with Gasteiger partial charge >= 0.3 is 6.09 Å². The van der Waals surface area contributed by atoms with Crippen LogP contribution in [0.25, 0.3) is 0 Å². The second kappa shape index (κ2) is 7.47. The molecule has 6 heteroatoms. The van der Waals surface area contributed by atoms with Crippen molar-refractivity contribution in [3.63, 3.8) is 0 Å². The molecule has 0 radical (unpaired) electrons. The molecular weight excluding hydrogens is 260 g/mol. The van der Waals surface area contributed by atoms with Gasteiger partial charge in [-0.1, -0.05) is 25.1 Å². The van der Waals surface area contributed by atoms with Gasteiger partial charge in [0.25, 0.3) is 5.69 Å². The van der Waals surface area contributed by atoms with E-state index >= 15 is 0 Å². The predicted octanol–water partition coefficient (Wildman–Crippen LogP) is 3.18. The van der Waals surface area contributed by atoms with Gasteiger partial charge in [-0.05, 0) is 13.8 Å². The van der Waals surface area contributed by atoms with E-state index < -0.39 is 4.92 Å². The topological polar surface area (TPSA) is 72.7 Å². The van der Waals surface area contributed by atoms with Gasteiger partial charge in [-0.25, -0.2) is 4.79 Å². The fourth-order valence-corrected chi connectivity index (χ4v) is 1.93. The van der Waals surface area contributed by atoms with E-state index in [0.29, 0.717) is 18.7 Å². The van der Waals surface area contributed by atoms with Gasteiger partial charge in [0.2, 0.25) is 0 Å². The molecule has 1 amide bonds. The second-order valence-corrected chi connectivity index (χ2v) is 4.47. The first-order valence-corrected chi connectivity index (χ1v) is 6.66. The van der Waals surface area contributed by atoms with E-state index in [4.69, 9.17) is 4.74 Å². The number of benzene rings is 1. The first-order chi connectivity index (χ1) is 9.51. The van der Waals surface area contributed by atoms with Gasteiger partial charge < -0.3 is 9.64 Å². The highest BCUT2D eigenvalue weighted by Gasteiger charge is 2.20. The number of hydrogen-bond acceptors (Lipinski definition) is 4. The van der Waals surface area contributed by atoms with Crippen LogP contribution in [-0.4, -0.2) is 35.6 Å². The third-order valence-electron chi connectivity index (χ3n) is 3.14. The lowest BCUT2D eigenvalue weighted by Gasteiger charge is -2.20. The molecule has 0 spiro atoms. The van der Waals surface area contributed by atoms with Crippen LogP contribution >= 0.6 is 0 Å². The molecule has 1 unspecified atom stereocenters. The largest absolute Gasteiger partial charge is 0.449 e. The van der Waals surface area contributed by atoms with E-state index in [1.807, 2.05) is 13.8 Å². The maximum atomic E-state index is 11.7. The average Bonchev–Trinajstić information content (AvgIpc) is 2.46. The summed E-state index contributed by atoms with van der Waals surface area (Å²) in [5.74, 6) is -0.226. The first-order valence-electron chi connectivity index (χ1n) is 6.66. The Morgan fingerprint density at radius 1 is 1.35 bits per heavy atom. The maximum absolute atomic E-state index is 11.7. The molecule has 0 saturated heterocycles. The number of nitrogens with zero attached hydrogens (tertiary/aromatic N) is 2. The third kappa shape index (κ3) is 3.94. The molecule has 0 aromatic heterocycles. The lowest BCUT2D eigenvalue weighted by Crippen LogP contribution is -2.31. The minimum Gasteiger partial charge on any atom is -0.449 e. The van der Waals surface area contributed by atoms with E-state index in [1.54, 1.807) is 30.0 Å². The van der Waals surface area contributed by atoms with E-state index in [9.17, 15) is 14.9 Å². The molecule has 0 aliphatic rings. The van der Waals surface area contributed by atoms with E-state index in [2.05, 4.69) is 0 Å². The molecule has 1 aromatic rings. The summed E-state index contributed by atoms with van der Waals surface area (Å²) >= 11 is 0. The maximum Gasteiger partial charge on any atom is 0.409 e. The first kappa shape index (κ1) is 15.9. The lowest BCUT2D eigenvalue weighted by molar-refractivity contribution is -0.385. The van der Waals surface area contributed by atoms with Crippen molar-refractivity contribution in [1.82, 2.24) is 4.90 Å². The molecule has 110 valence electrons. The summed E-state index contributed by atoms with van der Waals surface area (Å²) < 4.78 is 5.20. The van der Waals surface area contributed by atoms with Crippen LogP contribution in [0.3, 0.4) is 0 Å². The molecule has 20 heavy (non-hydrogen) atoms. The molecule has 1 rings (SSSR count). The summed E-state index contributed by atoms with van der Waals surface area (Å²) in [4.78, 5) is 23.8. The summed E-state index contributed by atoms with van der Waals surface area (Å²) in [6.07, 6.45) is -0.388. The Kier molecular flexibility index (Phi) is 5.96. The Hall–Kier alpha value is -2.11. The smallest absolute Gasteiger partial charge is 0.409 e. The van der Waals surface area contributed by atoms with Crippen LogP contribution < -0.4 is 0 Å². The summed E-state index contributed by atoms with van der Waals surface area (Å²) in [7, 11) is 0. The standard InChI is InChI=1S/C14H20N2O4/c1-4-15(5-2)14(17)20-10-11(3)12-8-6-7-9-13(12)16(18)19/h6-9,11H,4-5,10H2,1-3H3. The molecule has 0 heterocycles. The molecule has 0 bridgehead atoms. The number of carbonyl (C=O) groups excluding carboxylic acids is 1. The van der Waals surface area contributed by atoms with Gasteiger partial charge in [0.1, 0.15) is 6.61 Å². The number of para-hydroxylation sites is 1. The Balaban J connectivity index is 2.70. The van der Waals surface area contributed by atoms with E-state index in [-0.39, 0.29) is 24.3 Å². The van der Waals surface area contributed by atoms with Crippen LogP contribution in [0, 0.1) is 10.1 Å². The fourth-order valence-electron chi connectivity index (χ4n) is 1.93. The number of carbonyl (C=O) groups is 1. The second-order valence-electron chi connectivity index (χ2n) is 4.47. The summed E-state index contributed by atoms with van der Waals surface area (Å²) in [5, 5.41) is 11.0. The summed E-state index contributed by atoms with van der Waals surface area (Å²) in [6, 6.07) is 6.51. The van der Waals surface area contributed by atoms with Crippen molar-refractivity contribution < 1.29 is 14.5 Å². The Morgan fingerprint density at radius 2 is 1.95 bits per heavy atom. The molecule has 6 nitrogen and oxygen atoms in total. The molecule has 0 saturated carbocycles. The van der Waals surface area contributed by atoms with Crippen molar-refractivity contribution in [1.29, 1.82) is 0 Å². The highest BCUT2D eigenvalue weighted by Crippen LogP contribution is 2.26. The molecular formula is C14H20N2O4. The van der Waals surface area contributed by atoms with Crippen LogP contribution in [0.1, 0.15) is 32.3 Å². The van der Waals surface area contributed by atoms with Crippen molar-refractivity contribution in [3.05, 3.63) is 39.9 Å². The average molecular weight is 280 g/mol. The zero-order valence-corrected chi connectivity index (χ0v) is 12.0. The number of amides is 1. The zero-order chi connectivity index (χ0) is 15.1. The SMILES string of the molecule is CCN(CC)C(=O)OCC(C)c1ccccc1[N+](=O)[O-]. The molecule has 0 aliphatic carbocycles. The van der Waals surface area contributed by atoms with Crippen LogP contribution in [-0.2, 0) is 4.74 Å². The van der Waals surface area contributed by atoms with Crippen LogP contribution in [0.4, 0.5) is 10.5 Å². The number of rotatable bonds is 6. The third-order valence-corrected chi connectivity index (χ3v) is 3.14. The Labute approximate surface area is 118 Å². The monoisotopic (exact) mass is 280 g/mol. The van der Waals surface area contributed by atoms with Gasteiger partial charge in [0.05, 0.1) is 4.92 Å². The van der Waals surface area contributed by atoms with Gasteiger partial charge in [0.15, 0.2) is 0 Å². The Bertz CT molecular complexity index is 472. The van der Waals surface area contributed by atoms with Crippen LogP contribution in [0.2, 0.25) is 0 Å². The quantitative estimate of drug-likeness (QED) is 0.592. The molecule has 1 aromatic carbocycles. The molecule has 1 atom stereocenters. The predicted molar refractivity (Wildman–Crippen MR) is 75.8 cm³/mol. The van der Waals surface area contributed by atoms with E-state index in [0.717, 1.165) is 0 Å². The van der Waals surface area contributed by atoms with Crippen molar-refractivity contribution in [2.75, 3.05) is 19.7 Å². The summed E-state index contributed by atoms with van der Waals surface area (Å²) in [5.41, 5.74) is 0.628. The number of hydrogen-bond donors (Lipinski definition) is 0. The minimum absolute atomic E-state index is 0.0545. The van der Waals surface area contributed by atoms with Crippen LogP contribution in [0.15, 0.2) is 24.3 Å². The van der Waals surface area contributed by atoms with Crippen LogP contribution in [0.5, 0.6) is 0 Å². The minimum atomic E-state index is -0.419.